The van der Waals surface area contributed by atoms with Gasteiger partial charge in [-0.2, -0.15) is 0 Å². The molecule has 1 saturated heterocycles. The second kappa shape index (κ2) is 6.47. The summed E-state index contributed by atoms with van der Waals surface area (Å²) >= 11 is 1.48. The van der Waals surface area contributed by atoms with Crippen LogP contribution in [0.1, 0.15) is 32.6 Å². The van der Waals surface area contributed by atoms with E-state index in [1.165, 1.54) is 18.2 Å². The lowest BCUT2D eigenvalue weighted by atomic mass is 10.0. The Morgan fingerprint density at radius 1 is 1.38 bits per heavy atom. The first kappa shape index (κ1) is 15.5. The van der Waals surface area contributed by atoms with Gasteiger partial charge in [0.25, 0.3) is 0 Å². The van der Waals surface area contributed by atoms with Gasteiger partial charge in [-0.15, -0.1) is 5.10 Å². The van der Waals surface area contributed by atoms with Crippen molar-refractivity contribution in [2.24, 2.45) is 0 Å². The van der Waals surface area contributed by atoms with Gasteiger partial charge in [0.2, 0.25) is 11.7 Å². The van der Waals surface area contributed by atoms with Crippen molar-refractivity contribution in [3.63, 3.8) is 0 Å². The molecular formula is C17H21N5OS. The molecule has 1 atom stereocenters. The number of hydrogen-bond donors (Lipinski definition) is 1. The third-order valence-electron chi connectivity index (χ3n) is 4.75. The zero-order valence-electron chi connectivity index (χ0n) is 13.7. The third-order valence-corrected chi connectivity index (χ3v) is 5.67. The quantitative estimate of drug-likeness (QED) is 0.739. The van der Waals surface area contributed by atoms with E-state index in [1.54, 1.807) is 0 Å². The number of rotatable bonds is 4. The Labute approximate surface area is 144 Å². The summed E-state index contributed by atoms with van der Waals surface area (Å²) in [6.45, 7) is 3.06. The summed E-state index contributed by atoms with van der Waals surface area (Å²) in [6, 6.07) is 8.37. The van der Waals surface area contributed by atoms with Crippen molar-refractivity contribution >= 4 is 34.5 Å². The van der Waals surface area contributed by atoms with Crippen LogP contribution in [-0.2, 0) is 4.79 Å². The molecule has 6 nitrogen and oxygen atoms in total. The fourth-order valence-corrected chi connectivity index (χ4v) is 4.34. The van der Waals surface area contributed by atoms with Crippen LogP contribution >= 0.6 is 11.8 Å². The maximum absolute atomic E-state index is 12.6. The number of imidazole rings is 1. The molecule has 0 saturated carbocycles. The summed E-state index contributed by atoms with van der Waals surface area (Å²) in [7, 11) is 0. The Morgan fingerprint density at radius 2 is 2.25 bits per heavy atom. The molecular weight excluding hydrogens is 322 g/mol. The van der Waals surface area contributed by atoms with Crippen LogP contribution < -0.4 is 0 Å². The number of aromatic nitrogens is 4. The average Bonchev–Trinajstić information content (AvgIpc) is 3.18. The maximum atomic E-state index is 12.6. The number of nitrogens with zero attached hydrogens (tertiary/aromatic N) is 4. The van der Waals surface area contributed by atoms with E-state index in [2.05, 4.69) is 27.0 Å². The average molecular weight is 343 g/mol. The summed E-state index contributed by atoms with van der Waals surface area (Å²) in [5, 5.41) is 8.08. The highest BCUT2D eigenvalue weighted by atomic mass is 32.2. The van der Waals surface area contributed by atoms with Crippen LogP contribution in [0.25, 0.3) is 16.8 Å². The second-order valence-electron chi connectivity index (χ2n) is 6.20. The predicted molar refractivity (Wildman–Crippen MR) is 95.2 cm³/mol. The van der Waals surface area contributed by atoms with Gasteiger partial charge < -0.3 is 4.90 Å². The molecule has 1 aliphatic rings. The molecule has 1 N–H and O–H groups in total. The van der Waals surface area contributed by atoms with E-state index in [9.17, 15) is 4.79 Å². The molecule has 126 valence electrons. The van der Waals surface area contributed by atoms with Crippen LogP contribution in [-0.4, -0.2) is 48.7 Å². The van der Waals surface area contributed by atoms with Crippen molar-refractivity contribution in [1.82, 2.24) is 24.5 Å². The number of hydrogen-bond acceptors (Lipinski definition) is 4. The molecule has 3 heterocycles. The predicted octanol–water partition coefficient (Wildman–Crippen LogP) is 3.09. The van der Waals surface area contributed by atoms with Gasteiger partial charge in [0.05, 0.1) is 16.8 Å². The zero-order chi connectivity index (χ0) is 16.5. The van der Waals surface area contributed by atoms with Gasteiger partial charge in [0, 0.05) is 12.6 Å². The van der Waals surface area contributed by atoms with Crippen LogP contribution in [0.15, 0.2) is 29.4 Å². The van der Waals surface area contributed by atoms with Crippen LogP contribution in [0.2, 0.25) is 0 Å². The molecule has 24 heavy (non-hydrogen) atoms. The number of aromatic amines is 1. The fraction of sp³-hybridized carbons (Fsp3) is 0.471. The minimum atomic E-state index is 0.215. The molecule has 0 unspecified atom stereocenters. The van der Waals surface area contributed by atoms with E-state index in [0.29, 0.717) is 11.8 Å². The Kier molecular flexibility index (Phi) is 4.18. The monoisotopic (exact) mass is 343 g/mol. The number of thioether (sulfide) groups is 1. The molecule has 3 aromatic rings. The van der Waals surface area contributed by atoms with Crippen LogP contribution in [0.4, 0.5) is 0 Å². The van der Waals surface area contributed by atoms with Crippen LogP contribution in [0.5, 0.6) is 0 Å². The van der Waals surface area contributed by atoms with Gasteiger partial charge in [-0.3, -0.25) is 9.20 Å². The van der Waals surface area contributed by atoms with Crippen molar-refractivity contribution in [3.8, 4) is 0 Å². The number of benzene rings is 1. The van der Waals surface area contributed by atoms with E-state index in [0.717, 1.165) is 47.8 Å². The smallest absolute Gasteiger partial charge is 0.233 e. The summed E-state index contributed by atoms with van der Waals surface area (Å²) in [5.74, 6) is 1.35. The molecule has 7 heteroatoms. The lowest BCUT2D eigenvalue weighted by molar-refractivity contribution is -0.132. The topological polar surface area (TPSA) is 66.3 Å². The summed E-state index contributed by atoms with van der Waals surface area (Å²) < 4.78 is 1.99. The Balaban J connectivity index is 1.53. The number of H-pyrrole nitrogens is 1. The van der Waals surface area contributed by atoms with Crippen molar-refractivity contribution in [1.29, 1.82) is 0 Å². The SMILES string of the molecule is CC[C@@H]1CCCCN1C(=O)CSc1n[nH]c2nc3ccccc3n12. The molecule has 0 radical (unpaired) electrons. The minimum absolute atomic E-state index is 0.215. The van der Waals surface area contributed by atoms with E-state index in [4.69, 9.17) is 0 Å². The van der Waals surface area contributed by atoms with E-state index >= 15 is 0 Å². The number of piperidine rings is 1. The summed E-state index contributed by atoms with van der Waals surface area (Å²) in [4.78, 5) is 19.2. The molecule has 0 aliphatic carbocycles. The highest BCUT2D eigenvalue weighted by Crippen LogP contribution is 2.25. The Hall–Kier alpha value is -2.02. The standard InChI is InChI=1S/C17H21N5OS/c1-2-12-7-5-6-10-21(12)15(23)11-24-17-20-19-16-18-13-8-3-4-9-14(13)22(16)17/h3-4,8-9,12H,2,5-7,10-11H2,1H3,(H,18,19)/t12-/m1/s1. The Bertz CT molecular complexity index is 870. The number of fused-ring (bicyclic) bond motifs is 3. The molecule has 4 rings (SSSR count). The Morgan fingerprint density at radius 3 is 3.12 bits per heavy atom. The molecule has 2 aromatic heterocycles. The van der Waals surface area contributed by atoms with E-state index in [-0.39, 0.29) is 5.91 Å². The molecule has 1 aromatic carbocycles. The van der Waals surface area contributed by atoms with Crippen molar-refractivity contribution in [2.75, 3.05) is 12.3 Å². The van der Waals surface area contributed by atoms with Crippen LogP contribution in [0.3, 0.4) is 0 Å². The molecule has 1 fully saturated rings. The fourth-order valence-electron chi connectivity index (χ4n) is 3.50. The van der Waals surface area contributed by atoms with Crippen LogP contribution in [0, 0.1) is 0 Å². The zero-order valence-corrected chi connectivity index (χ0v) is 14.6. The summed E-state index contributed by atoms with van der Waals surface area (Å²) in [5.41, 5.74) is 1.95. The molecule has 0 spiro atoms. The largest absolute Gasteiger partial charge is 0.339 e. The summed E-state index contributed by atoms with van der Waals surface area (Å²) in [6.07, 6.45) is 4.52. The second-order valence-corrected chi connectivity index (χ2v) is 7.14. The van der Waals surface area contributed by atoms with Gasteiger partial charge in [-0.25, -0.2) is 10.1 Å². The maximum Gasteiger partial charge on any atom is 0.233 e. The molecule has 1 amide bonds. The molecule has 1 aliphatic heterocycles. The highest BCUT2D eigenvalue weighted by molar-refractivity contribution is 7.99. The lowest BCUT2D eigenvalue weighted by Crippen LogP contribution is -2.44. The van der Waals surface area contributed by atoms with E-state index in [1.807, 2.05) is 28.7 Å². The number of likely N-dealkylation sites (tertiary alicyclic amines) is 1. The third kappa shape index (κ3) is 2.66. The number of amides is 1. The van der Waals surface area contributed by atoms with E-state index < -0.39 is 0 Å². The van der Waals surface area contributed by atoms with Gasteiger partial charge in [-0.1, -0.05) is 30.8 Å². The normalized spacial score (nSPS) is 18.5. The van der Waals surface area contributed by atoms with Gasteiger partial charge in [-0.05, 0) is 37.8 Å². The number of para-hydroxylation sites is 2. The first-order valence-electron chi connectivity index (χ1n) is 8.51. The van der Waals surface area contributed by atoms with Gasteiger partial charge in [0.1, 0.15) is 0 Å². The van der Waals surface area contributed by atoms with Gasteiger partial charge in [0.15, 0.2) is 5.16 Å². The lowest BCUT2D eigenvalue weighted by Gasteiger charge is -2.35. The van der Waals surface area contributed by atoms with Crippen molar-refractivity contribution < 1.29 is 4.79 Å². The first-order valence-corrected chi connectivity index (χ1v) is 9.50. The highest BCUT2D eigenvalue weighted by Gasteiger charge is 2.25. The minimum Gasteiger partial charge on any atom is -0.339 e. The molecule has 0 bridgehead atoms. The first-order chi connectivity index (χ1) is 11.8. The van der Waals surface area contributed by atoms with Crippen molar-refractivity contribution in [2.45, 2.75) is 43.8 Å². The number of nitrogens with one attached hydrogen (secondary N) is 1. The number of carbonyl (C=O) groups is 1. The van der Waals surface area contributed by atoms with Gasteiger partial charge >= 0.3 is 0 Å². The number of carbonyl (C=O) groups excluding carboxylic acids is 1. The van der Waals surface area contributed by atoms with Crippen molar-refractivity contribution in [3.05, 3.63) is 24.3 Å².